The number of benzene rings is 1. The number of nitrogens with one attached hydrogen (secondary N) is 2. The summed E-state index contributed by atoms with van der Waals surface area (Å²) in [6.07, 6.45) is 3.63. The van der Waals surface area contributed by atoms with Crippen molar-refractivity contribution in [1.82, 2.24) is 15.3 Å². The van der Waals surface area contributed by atoms with E-state index in [1.165, 1.54) is 12.4 Å². The zero-order chi connectivity index (χ0) is 16.8. The molecule has 0 aliphatic rings. The van der Waals surface area contributed by atoms with Crippen molar-refractivity contribution in [3.05, 3.63) is 51.8 Å². The zero-order valence-corrected chi connectivity index (χ0v) is 14.4. The topological polar surface area (TPSA) is 66.9 Å². The zero-order valence-electron chi connectivity index (χ0n) is 12.9. The first-order chi connectivity index (χ1) is 11.0. The summed E-state index contributed by atoms with van der Waals surface area (Å²) in [5.41, 5.74) is 1.35. The van der Waals surface area contributed by atoms with Gasteiger partial charge in [-0.1, -0.05) is 29.3 Å². The third kappa shape index (κ3) is 5.37. The van der Waals surface area contributed by atoms with E-state index in [2.05, 4.69) is 20.6 Å². The summed E-state index contributed by atoms with van der Waals surface area (Å²) >= 11 is 11.9. The second kappa shape index (κ2) is 8.13. The van der Waals surface area contributed by atoms with Crippen LogP contribution in [0, 0.1) is 0 Å². The Hall–Kier alpha value is -1.85. The van der Waals surface area contributed by atoms with Crippen molar-refractivity contribution < 1.29 is 4.79 Å². The van der Waals surface area contributed by atoms with E-state index in [0.717, 1.165) is 5.56 Å². The van der Waals surface area contributed by atoms with Gasteiger partial charge in [-0.25, -0.2) is 9.97 Å². The molecule has 2 aromatic rings. The molecule has 0 saturated heterocycles. The van der Waals surface area contributed by atoms with E-state index < -0.39 is 0 Å². The van der Waals surface area contributed by atoms with Gasteiger partial charge in [-0.3, -0.25) is 4.79 Å². The largest absolute Gasteiger partial charge is 0.352 e. The smallest absolute Gasteiger partial charge is 0.254 e. The molecule has 23 heavy (non-hydrogen) atoms. The van der Waals surface area contributed by atoms with Gasteiger partial charge in [0, 0.05) is 35.0 Å². The average Bonchev–Trinajstić information content (AvgIpc) is 2.49. The molecule has 0 unspecified atom stereocenters. The molecule has 0 radical (unpaired) electrons. The standard InChI is InChI=1S/C16H18Cl2N4O/c1-10(2)22-16-20-8-12(9-21-16)15(23)19-6-5-11-3-4-13(17)7-14(11)18/h3-4,7-10H,5-6H2,1-2H3,(H,19,23)(H,20,21,22). The quantitative estimate of drug-likeness (QED) is 0.833. The number of hydrogen-bond donors (Lipinski definition) is 2. The lowest BCUT2D eigenvalue weighted by Gasteiger charge is -2.09. The minimum atomic E-state index is -0.216. The van der Waals surface area contributed by atoms with E-state index in [4.69, 9.17) is 23.2 Å². The maximum atomic E-state index is 12.0. The van der Waals surface area contributed by atoms with Gasteiger partial charge in [-0.15, -0.1) is 0 Å². The van der Waals surface area contributed by atoms with Gasteiger partial charge in [0.2, 0.25) is 5.95 Å². The molecule has 122 valence electrons. The van der Waals surface area contributed by atoms with Crippen molar-refractivity contribution in [2.45, 2.75) is 26.3 Å². The van der Waals surface area contributed by atoms with Crippen LogP contribution in [0.15, 0.2) is 30.6 Å². The van der Waals surface area contributed by atoms with Gasteiger partial charge in [-0.05, 0) is 38.0 Å². The maximum Gasteiger partial charge on any atom is 0.254 e. The summed E-state index contributed by atoms with van der Waals surface area (Å²) < 4.78 is 0. The summed E-state index contributed by atoms with van der Waals surface area (Å²) in [5.74, 6) is 0.288. The fourth-order valence-corrected chi connectivity index (χ4v) is 2.42. The summed E-state index contributed by atoms with van der Waals surface area (Å²) in [6, 6.07) is 5.55. The third-order valence-corrected chi connectivity index (χ3v) is 3.61. The molecule has 7 heteroatoms. The highest BCUT2D eigenvalue weighted by Crippen LogP contribution is 2.21. The van der Waals surface area contributed by atoms with Gasteiger partial charge in [0.15, 0.2) is 0 Å². The van der Waals surface area contributed by atoms with Crippen LogP contribution < -0.4 is 10.6 Å². The van der Waals surface area contributed by atoms with E-state index >= 15 is 0 Å². The molecule has 1 aromatic heterocycles. The lowest BCUT2D eigenvalue weighted by molar-refractivity contribution is 0.0953. The number of carbonyl (C=O) groups is 1. The monoisotopic (exact) mass is 352 g/mol. The number of carbonyl (C=O) groups excluding carboxylic acids is 1. The minimum Gasteiger partial charge on any atom is -0.352 e. The molecule has 0 aliphatic carbocycles. The number of halogens is 2. The van der Waals surface area contributed by atoms with Gasteiger partial charge in [-0.2, -0.15) is 0 Å². The Labute approximate surface area is 145 Å². The van der Waals surface area contributed by atoms with Gasteiger partial charge >= 0.3 is 0 Å². The lowest BCUT2D eigenvalue weighted by Crippen LogP contribution is -2.26. The Morgan fingerprint density at radius 3 is 2.52 bits per heavy atom. The van der Waals surface area contributed by atoms with Gasteiger partial charge in [0.25, 0.3) is 5.91 Å². The number of anilines is 1. The average molecular weight is 353 g/mol. The van der Waals surface area contributed by atoms with E-state index in [1.807, 2.05) is 19.9 Å². The molecule has 0 aliphatic heterocycles. The highest BCUT2D eigenvalue weighted by molar-refractivity contribution is 6.35. The molecule has 1 heterocycles. The number of aromatic nitrogens is 2. The molecular weight excluding hydrogens is 335 g/mol. The summed E-state index contributed by atoms with van der Waals surface area (Å²) in [5, 5.41) is 7.07. The van der Waals surface area contributed by atoms with Crippen LogP contribution in [0.2, 0.25) is 10.0 Å². The first-order valence-corrected chi connectivity index (χ1v) is 8.02. The number of amides is 1. The van der Waals surface area contributed by atoms with E-state index in [0.29, 0.717) is 34.5 Å². The Kier molecular flexibility index (Phi) is 6.19. The van der Waals surface area contributed by atoms with Crippen LogP contribution >= 0.6 is 23.2 Å². The first-order valence-electron chi connectivity index (χ1n) is 7.26. The van der Waals surface area contributed by atoms with Crippen molar-refractivity contribution in [2.75, 3.05) is 11.9 Å². The predicted octanol–water partition coefficient (Wildman–Crippen LogP) is 3.58. The summed E-state index contributed by atoms with van der Waals surface area (Å²) in [6.45, 7) is 4.45. The van der Waals surface area contributed by atoms with E-state index in [9.17, 15) is 4.79 Å². The van der Waals surface area contributed by atoms with Crippen molar-refractivity contribution in [3.63, 3.8) is 0 Å². The van der Waals surface area contributed by atoms with Crippen molar-refractivity contribution >= 4 is 35.1 Å². The molecule has 1 amide bonds. The molecular formula is C16H18Cl2N4O. The molecule has 0 saturated carbocycles. The minimum absolute atomic E-state index is 0.216. The molecule has 1 aromatic carbocycles. The number of hydrogen-bond acceptors (Lipinski definition) is 4. The highest BCUT2D eigenvalue weighted by Gasteiger charge is 2.08. The van der Waals surface area contributed by atoms with E-state index in [1.54, 1.807) is 12.1 Å². The predicted molar refractivity (Wildman–Crippen MR) is 93.3 cm³/mol. The Morgan fingerprint density at radius 1 is 1.22 bits per heavy atom. The number of nitrogens with zero attached hydrogens (tertiary/aromatic N) is 2. The first kappa shape index (κ1) is 17.5. The molecule has 0 atom stereocenters. The normalized spacial score (nSPS) is 10.7. The second-order valence-corrected chi connectivity index (χ2v) is 6.18. The third-order valence-electron chi connectivity index (χ3n) is 3.03. The summed E-state index contributed by atoms with van der Waals surface area (Å²) in [4.78, 5) is 20.3. The fourth-order valence-electron chi connectivity index (χ4n) is 1.92. The molecule has 0 bridgehead atoms. The molecule has 2 rings (SSSR count). The molecule has 2 N–H and O–H groups in total. The maximum absolute atomic E-state index is 12.0. The van der Waals surface area contributed by atoms with E-state index in [-0.39, 0.29) is 11.9 Å². The Morgan fingerprint density at radius 2 is 1.91 bits per heavy atom. The van der Waals surface area contributed by atoms with Crippen LogP contribution in [0.1, 0.15) is 29.8 Å². The molecule has 5 nitrogen and oxygen atoms in total. The van der Waals surface area contributed by atoms with Crippen molar-refractivity contribution in [1.29, 1.82) is 0 Å². The Bertz CT molecular complexity index is 674. The van der Waals surface area contributed by atoms with Crippen LogP contribution in [0.3, 0.4) is 0 Å². The van der Waals surface area contributed by atoms with Gasteiger partial charge < -0.3 is 10.6 Å². The lowest BCUT2D eigenvalue weighted by atomic mass is 10.1. The van der Waals surface area contributed by atoms with Gasteiger partial charge in [0.05, 0.1) is 5.56 Å². The number of rotatable bonds is 6. The van der Waals surface area contributed by atoms with Crippen LogP contribution in [-0.2, 0) is 6.42 Å². The highest BCUT2D eigenvalue weighted by atomic mass is 35.5. The fraction of sp³-hybridized carbons (Fsp3) is 0.312. The van der Waals surface area contributed by atoms with Crippen LogP contribution in [0.4, 0.5) is 5.95 Å². The Balaban J connectivity index is 1.87. The molecule has 0 spiro atoms. The van der Waals surface area contributed by atoms with Crippen molar-refractivity contribution in [3.8, 4) is 0 Å². The van der Waals surface area contributed by atoms with Crippen LogP contribution in [-0.4, -0.2) is 28.5 Å². The SMILES string of the molecule is CC(C)Nc1ncc(C(=O)NCCc2ccc(Cl)cc2Cl)cn1. The van der Waals surface area contributed by atoms with Gasteiger partial charge in [0.1, 0.15) is 0 Å². The second-order valence-electron chi connectivity index (χ2n) is 5.34. The van der Waals surface area contributed by atoms with Crippen LogP contribution in [0.5, 0.6) is 0 Å². The van der Waals surface area contributed by atoms with Crippen molar-refractivity contribution in [2.24, 2.45) is 0 Å². The van der Waals surface area contributed by atoms with Crippen LogP contribution in [0.25, 0.3) is 0 Å². The molecule has 0 fully saturated rings. The summed E-state index contributed by atoms with van der Waals surface area (Å²) in [7, 11) is 0.